The van der Waals surface area contributed by atoms with Crippen molar-refractivity contribution in [2.24, 2.45) is 0 Å². The quantitative estimate of drug-likeness (QED) is 0.873. The van der Waals surface area contributed by atoms with Gasteiger partial charge in [0.1, 0.15) is 5.75 Å². The summed E-state index contributed by atoms with van der Waals surface area (Å²) < 4.78 is 1.87. The highest BCUT2D eigenvalue weighted by molar-refractivity contribution is 6.32. The number of phenolic OH excluding ortho intramolecular Hbond substituents is 1. The summed E-state index contributed by atoms with van der Waals surface area (Å²) in [5.41, 5.74) is 0.801. The van der Waals surface area contributed by atoms with Gasteiger partial charge in [-0.25, -0.2) is 0 Å². The summed E-state index contributed by atoms with van der Waals surface area (Å²) >= 11 is 5.85. The monoisotopic (exact) mass is 265 g/mol. The SMILES string of the molecule is CC(Cn1cccn1)NCc1cccc(Cl)c1O. The molecule has 1 aromatic heterocycles. The van der Waals surface area contributed by atoms with Gasteiger partial charge in [-0.2, -0.15) is 5.10 Å². The molecule has 2 N–H and O–H groups in total. The van der Waals surface area contributed by atoms with Crippen LogP contribution in [-0.2, 0) is 13.1 Å². The zero-order valence-electron chi connectivity index (χ0n) is 10.2. The molecule has 4 nitrogen and oxygen atoms in total. The number of halogens is 1. The Bertz CT molecular complexity index is 499. The van der Waals surface area contributed by atoms with E-state index in [0.717, 1.165) is 12.1 Å². The molecule has 0 amide bonds. The summed E-state index contributed by atoms with van der Waals surface area (Å²) in [7, 11) is 0. The summed E-state index contributed by atoms with van der Waals surface area (Å²) in [5, 5.41) is 17.6. The molecule has 0 aliphatic carbocycles. The molecule has 0 aliphatic rings. The predicted molar refractivity (Wildman–Crippen MR) is 71.6 cm³/mol. The van der Waals surface area contributed by atoms with Crippen LogP contribution in [0.3, 0.4) is 0 Å². The minimum atomic E-state index is 0.151. The van der Waals surface area contributed by atoms with Crippen molar-refractivity contribution >= 4 is 11.6 Å². The van der Waals surface area contributed by atoms with Crippen molar-refractivity contribution in [3.8, 4) is 5.75 Å². The minimum Gasteiger partial charge on any atom is -0.506 e. The fraction of sp³-hybridized carbons (Fsp3) is 0.308. The lowest BCUT2D eigenvalue weighted by atomic mass is 10.2. The summed E-state index contributed by atoms with van der Waals surface area (Å²) in [6.45, 7) is 3.44. The fourth-order valence-electron chi connectivity index (χ4n) is 1.74. The van der Waals surface area contributed by atoms with E-state index in [9.17, 15) is 5.11 Å². The molecule has 0 radical (unpaired) electrons. The van der Waals surface area contributed by atoms with Crippen LogP contribution < -0.4 is 5.32 Å². The highest BCUT2D eigenvalue weighted by Crippen LogP contribution is 2.26. The van der Waals surface area contributed by atoms with Crippen LogP contribution in [0.4, 0.5) is 0 Å². The molecule has 96 valence electrons. The number of nitrogens with zero attached hydrogens (tertiary/aromatic N) is 2. The first kappa shape index (κ1) is 12.9. The Kier molecular flexibility index (Phi) is 4.23. The lowest BCUT2D eigenvalue weighted by molar-refractivity contribution is 0.434. The Morgan fingerprint density at radius 3 is 3.00 bits per heavy atom. The Morgan fingerprint density at radius 1 is 1.44 bits per heavy atom. The highest BCUT2D eigenvalue weighted by Gasteiger charge is 2.07. The standard InChI is InChI=1S/C13H16ClN3O/c1-10(9-17-7-3-6-16-17)15-8-11-4-2-5-12(14)13(11)18/h2-7,10,15,18H,8-9H2,1H3. The third-order valence-corrected chi connectivity index (χ3v) is 3.04. The highest BCUT2D eigenvalue weighted by atomic mass is 35.5. The maximum Gasteiger partial charge on any atom is 0.138 e. The molecule has 0 saturated heterocycles. The summed E-state index contributed by atoms with van der Waals surface area (Å²) in [6, 6.07) is 7.51. The second-order valence-electron chi connectivity index (χ2n) is 4.26. The molecule has 1 heterocycles. The number of benzene rings is 1. The summed E-state index contributed by atoms with van der Waals surface area (Å²) in [4.78, 5) is 0. The maximum absolute atomic E-state index is 9.78. The summed E-state index contributed by atoms with van der Waals surface area (Å²) in [6.07, 6.45) is 3.69. The zero-order chi connectivity index (χ0) is 13.0. The van der Waals surface area contributed by atoms with Crippen LogP contribution in [0.25, 0.3) is 0 Å². The van der Waals surface area contributed by atoms with Gasteiger partial charge in [0.25, 0.3) is 0 Å². The topological polar surface area (TPSA) is 50.1 Å². The van der Waals surface area contributed by atoms with Crippen molar-refractivity contribution in [3.05, 3.63) is 47.2 Å². The molecular formula is C13H16ClN3O. The van der Waals surface area contributed by atoms with Crippen molar-refractivity contribution in [3.63, 3.8) is 0 Å². The van der Waals surface area contributed by atoms with Gasteiger partial charge >= 0.3 is 0 Å². The Labute approximate surface area is 111 Å². The number of aromatic hydroxyl groups is 1. The molecule has 5 heteroatoms. The number of hydrogen-bond acceptors (Lipinski definition) is 3. The first-order chi connectivity index (χ1) is 8.66. The number of rotatable bonds is 5. The van der Waals surface area contributed by atoms with Gasteiger partial charge < -0.3 is 10.4 Å². The van der Waals surface area contributed by atoms with Crippen molar-refractivity contribution in [1.29, 1.82) is 0 Å². The van der Waals surface area contributed by atoms with Crippen LogP contribution in [0, 0.1) is 0 Å². The molecule has 0 saturated carbocycles. The van der Waals surface area contributed by atoms with Crippen LogP contribution in [-0.4, -0.2) is 20.9 Å². The molecule has 2 aromatic rings. The van der Waals surface area contributed by atoms with Crippen molar-refractivity contribution < 1.29 is 5.11 Å². The number of phenols is 1. The second-order valence-corrected chi connectivity index (χ2v) is 4.66. The number of para-hydroxylation sites is 1. The lowest BCUT2D eigenvalue weighted by Crippen LogP contribution is -2.30. The first-order valence-corrected chi connectivity index (χ1v) is 6.22. The van der Waals surface area contributed by atoms with E-state index in [1.165, 1.54) is 0 Å². The van der Waals surface area contributed by atoms with Crippen LogP contribution >= 0.6 is 11.6 Å². The lowest BCUT2D eigenvalue weighted by Gasteiger charge is -2.14. The third kappa shape index (κ3) is 3.24. The van der Waals surface area contributed by atoms with Gasteiger partial charge in [0.2, 0.25) is 0 Å². The smallest absolute Gasteiger partial charge is 0.138 e. The number of hydrogen-bond donors (Lipinski definition) is 2. The van der Waals surface area contributed by atoms with Gasteiger partial charge in [-0.15, -0.1) is 0 Å². The predicted octanol–water partition coefficient (Wildman–Crippen LogP) is 2.42. The molecule has 1 unspecified atom stereocenters. The molecule has 18 heavy (non-hydrogen) atoms. The van der Waals surface area contributed by atoms with E-state index in [2.05, 4.69) is 17.3 Å². The average molecular weight is 266 g/mol. The van der Waals surface area contributed by atoms with Gasteiger partial charge in [0.05, 0.1) is 11.6 Å². The van der Waals surface area contributed by atoms with Crippen LogP contribution in [0.15, 0.2) is 36.7 Å². The third-order valence-electron chi connectivity index (χ3n) is 2.73. The molecule has 0 spiro atoms. The van der Waals surface area contributed by atoms with E-state index >= 15 is 0 Å². The van der Waals surface area contributed by atoms with E-state index in [0.29, 0.717) is 11.6 Å². The van der Waals surface area contributed by atoms with Crippen molar-refractivity contribution in [2.75, 3.05) is 0 Å². The van der Waals surface area contributed by atoms with E-state index in [-0.39, 0.29) is 11.8 Å². The van der Waals surface area contributed by atoms with Gasteiger partial charge in [0.15, 0.2) is 0 Å². The van der Waals surface area contributed by atoms with Crippen LogP contribution in [0.1, 0.15) is 12.5 Å². The van der Waals surface area contributed by atoms with Crippen LogP contribution in [0.5, 0.6) is 5.75 Å². The van der Waals surface area contributed by atoms with E-state index < -0.39 is 0 Å². The van der Waals surface area contributed by atoms with Gasteiger partial charge in [0, 0.05) is 30.5 Å². The van der Waals surface area contributed by atoms with E-state index in [1.807, 2.05) is 29.1 Å². The normalized spacial score (nSPS) is 12.6. The van der Waals surface area contributed by atoms with Gasteiger partial charge in [-0.3, -0.25) is 4.68 Å². The Balaban J connectivity index is 1.89. The van der Waals surface area contributed by atoms with Crippen molar-refractivity contribution in [2.45, 2.75) is 26.1 Å². The maximum atomic E-state index is 9.78. The van der Waals surface area contributed by atoms with Gasteiger partial charge in [-0.05, 0) is 19.1 Å². The van der Waals surface area contributed by atoms with E-state index in [1.54, 1.807) is 12.3 Å². The Morgan fingerprint density at radius 2 is 2.28 bits per heavy atom. The van der Waals surface area contributed by atoms with Gasteiger partial charge in [-0.1, -0.05) is 23.7 Å². The molecular weight excluding hydrogens is 250 g/mol. The molecule has 0 bridgehead atoms. The number of nitrogens with one attached hydrogen (secondary N) is 1. The van der Waals surface area contributed by atoms with Crippen LogP contribution in [0.2, 0.25) is 5.02 Å². The molecule has 1 aromatic carbocycles. The minimum absolute atomic E-state index is 0.151. The first-order valence-electron chi connectivity index (χ1n) is 5.84. The largest absolute Gasteiger partial charge is 0.506 e. The zero-order valence-corrected chi connectivity index (χ0v) is 10.9. The molecule has 0 aliphatic heterocycles. The van der Waals surface area contributed by atoms with Crippen molar-refractivity contribution in [1.82, 2.24) is 15.1 Å². The second kappa shape index (κ2) is 5.89. The average Bonchev–Trinajstić information content (AvgIpc) is 2.84. The summed E-state index contributed by atoms with van der Waals surface area (Å²) in [5.74, 6) is 0.151. The molecule has 1 atom stereocenters. The molecule has 2 rings (SSSR count). The Hall–Kier alpha value is -1.52. The molecule has 0 fully saturated rings. The number of aromatic nitrogens is 2. The fourth-order valence-corrected chi connectivity index (χ4v) is 1.93. The van der Waals surface area contributed by atoms with E-state index in [4.69, 9.17) is 11.6 Å².